The molecule has 4 rings (SSSR count). The summed E-state index contributed by atoms with van der Waals surface area (Å²) in [6.45, 7) is 5.29. The maximum atomic E-state index is 4.87. The lowest BCUT2D eigenvalue weighted by molar-refractivity contribution is 0.718. The molecule has 21 heavy (non-hydrogen) atoms. The minimum Gasteiger partial charge on any atom is -0.324 e. The van der Waals surface area contributed by atoms with E-state index in [-0.39, 0.29) is 0 Å². The van der Waals surface area contributed by atoms with Crippen LogP contribution in [0, 0.1) is 6.92 Å². The molecular formula is C18H17N3. The van der Waals surface area contributed by atoms with Crippen molar-refractivity contribution in [3.8, 4) is 0 Å². The fraction of sp³-hybridized carbons (Fsp3) is 0.222. The normalized spacial score (nSPS) is 11.7. The van der Waals surface area contributed by atoms with E-state index < -0.39 is 0 Å². The summed E-state index contributed by atoms with van der Waals surface area (Å²) in [6.07, 6.45) is 1.08. The zero-order valence-corrected chi connectivity index (χ0v) is 12.3. The third kappa shape index (κ3) is 1.81. The fourth-order valence-electron chi connectivity index (χ4n) is 3.00. The second-order valence-electron chi connectivity index (χ2n) is 5.56. The quantitative estimate of drug-likeness (QED) is 0.541. The molecule has 104 valence electrons. The molecule has 0 fully saturated rings. The van der Waals surface area contributed by atoms with Gasteiger partial charge in [0, 0.05) is 11.9 Å². The maximum absolute atomic E-state index is 4.87. The Morgan fingerprint density at radius 2 is 1.76 bits per heavy atom. The van der Waals surface area contributed by atoms with Gasteiger partial charge in [-0.1, -0.05) is 30.7 Å². The second-order valence-corrected chi connectivity index (χ2v) is 5.56. The average molecular weight is 275 g/mol. The number of fused-ring (bicyclic) bond motifs is 4. The number of aryl methyl sites for hydroxylation is 2. The van der Waals surface area contributed by atoms with Crippen molar-refractivity contribution in [2.75, 3.05) is 0 Å². The van der Waals surface area contributed by atoms with Gasteiger partial charge in [-0.2, -0.15) is 0 Å². The number of benzene rings is 2. The molecule has 0 aliphatic rings. The molecule has 0 amide bonds. The SMILES string of the molecule is CCCn1c2ccc(C)cc2c2nc3ccccc3nc21. The summed E-state index contributed by atoms with van der Waals surface area (Å²) < 4.78 is 2.30. The van der Waals surface area contributed by atoms with Crippen LogP contribution >= 0.6 is 0 Å². The molecule has 0 bridgehead atoms. The van der Waals surface area contributed by atoms with E-state index in [0.29, 0.717) is 0 Å². The lowest BCUT2D eigenvalue weighted by atomic mass is 10.1. The van der Waals surface area contributed by atoms with Crippen molar-refractivity contribution in [2.45, 2.75) is 26.8 Å². The molecule has 0 atom stereocenters. The van der Waals surface area contributed by atoms with Crippen LogP contribution in [0.15, 0.2) is 42.5 Å². The Morgan fingerprint density at radius 3 is 2.52 bits per heavy atom. The number of aromatic nitrogens is 3. The highest BCUT2D eigenvalue weighted by Crippen LogP contribution is 2.29. The van der Waals surface area contributed by atoms with Crippen molar-refractivity contribution in [2.24, 2.45) is 0 Å². The zero-order valence-electron chi connectivity index (χ0n) is 12.3. The molecule has 0 spiro atoms. The first-order valence-corrected chi connectivity index (χ1v) is 7.43. The van der Waals surface area contributed by atoms with Crippen LogP contribution in [0.2, 0.25) is 0 Å². The van der Waals surface area contributed by atoms with Gasteiger partial charge in [-0.15, -0.1) is 0 Å². The monoisotopic (exact) mass is 275 g/mol. The lowest BCUT2D eigenvalue weighted by Crippen LogP contribution is -1.98. The van der Waals surface area contributed by atoms with Gasteiger partial charge in [-0.05, 0) is 37.6 Å². The van der Waals surface area contributed by atoms with Crippen LogP contribution in [0.25, 0.3) is 33.1 Å². The fourth-order valence-corrected chi connectivity index (χ4v) is 3.00. The van der Waals surface area contributed by atoms with E-state index in [4.69, 9.17) is 9.97 Å². The molecule has 0 aliphatic carbocycles. The summed E-state index contributed by atoms with van der Waals surface area (Å²) in [4.78, 5) is 9.73. The van der Waals surface area contributed by atoms with E-state index in [1.54, 1.807) is 0 Å². The third-order valence-electron chi connectivity index (χ3n) is 3.95. The van der Waals surface area contributed by atoms with E-state index in [2.05, 4.69) is 36.6 Å². The van der Waals surface area contributed by atoms with Gasteiger partial charge >= 0.3 is 0 Å². The highest BCUT2D eigenvalue weighted by atomic mass is 15.1. The molecular weight excluding hydrogens is 258 g/mol. The summed E-state index contributed by atoms with van der Waals surface area (Å²) in [5, 5.41) is 1.21. The molecule has 2 aromatic carbocycles. The van der Waals surface area contributed by atoms with Crippen LogP contribution in [0.5, 0.6) is 0 Å². The summed E-state index contributed by atoms with van der Waals surface area (Å²) in [5.74, 6) is 0. The van der Waals surface area contributed by atoms with Gasteiger partial charge in [-0.25, -0.2) is 9.97 Å². The van der Waals surface area contributed by atoms with Gasteiger partial charge in [0.25, 0.3) is 0 Å². The van der Waals surface area contributed by atoms with Gasteiger partial charge in [0.1, 0.15) is 5.52 Å². The predicted octanol–water partition coefficient (Wildman–Crippen LogP) is 4.46. The number of rotatable bonds is 2. The maximum Gasteiger partial charge on any atom is 0.160 e. The average Bonchev–Trinajstić information content (AvgIpc) is 2.79. The van der Waals surface area contributed by atoms with Crippen molar-refractivity contribution in [3.05, 3.63) is 48.0 Å². The Hall–Kier alpha value is -2.42. The van der Waals surface area contributed by atoms with Crippen molar-refractivity contribution >= 4 is 33.1 Å². The molecule has 0 aliphatic heterocycles. The van der Waals surface area contributed by atoms with E-state index in [1.807, 2.05) is 24.3 Å². The summed E-state index contributed by atoms with van der Waals surface area (Å²) in [7, 11) is 0. The molecule has 0 radical (unpaired) electrons. The number of para-hydroxylation sites is 2. The van der Waals surface area contributed by atoms with Crippen LogP contribution in [0.4, 0.5) is 0 Å². The van der Waals surface area contributed by atoms with Gasteiger partial charge in [0.2, 0.25) is 0 Å². The minimum absolute atomic E-state index is 0.960. The molecule has 0 N–H and O–H groups in total. The third-order valence-corrected chi connectivity index (χ3v) is 3.95. The first-order chi connectivity index (χ1) is 10.3. The molecule has 0 saturated heterocycles. The summed E-state index contributed by atoms with van der Waals surface area (Å²) >= 11 is 0. The van der Waals surface area contributed by atoms with Crippen molar-refractivity contribution < 1.29 is 0 Å². The van der Waals surface area contributed by atoms with E-state index in [0.717, 1.165) is 35.2 Å². The largest absolute Gasteiger partial charge is 0.324 e. The lowest BCUT2D eigenvalue weighted by Gasteiger charge is -2.04. The van der Waals surface area contributed by atoms with E-state index >= 15 is 0 Å². The molecule has 3 heteroatoms. The van der Waals surface area contributed by atoms with Crippen molar-refractivity contribution in [3.63, 3.8) is 0 Å². The number of hydrogen-bond acceptors (Lipinski definition) is 2. The van der Waals surface area contributed by atoms with Gasteiger partial charge < -0.3 is 4.57 Å². The molecule has 2 aromatic heterocycles. The Balaban J connectivity index is 2.22. The first kappa shape index (κ1) is 12.3. The standard InChI is InChI=1S/C18H17N3/c1-3-10-21-16-9-8-12(2)11-13(16)17-18(21)20-15-7-5-4-6-14(15)19-17/h4-9,11H,3,10H2,1-2H3. The van der Waals surface area contributed by atoms with Crippen LogP contribution < -0.4 is 0 Å². The first-order valence-electron chi connectivity index (χ1n) is 7.43. The van der Waals surface area contributed by atoms with Crippen LogP contribution in [0.3, 0.4) is 0 Å². The summed E-state index contributed by atoms with van der Waals surface area (Å²) in [6, 6.07) is 14.6. The highest BCUT2D eigenvalue weighted by Gasteiger charge is 2.13. The number of hydrogen-bond donors (Lipinski definition) is 0. The van der Waals surface area contributed by atoms with Crippen LogP contribution in [0.1, 0.15) is 18.9 Å². The van der Waals surface area contributed by atoms with Crippen LogP contribution in [-0.2, 0) is 6.54 Å². The molecule has 0 unspecified atom stereocenters. The Labute approximate surface area is 123 Å². The topological polar surface area (TPSA) is 30.7 Å². The second kappa shape index (κ2) is 4.55. The molecule has 4 aromatic rings. The van der Waals surface area contributed by atoms with Crippen molar-refractivity contribution in [1.82, 2.24) is 14.5 Å². The Morgan fingerprint density at radius 1 is 1.00 bits per heavy atom. The molecule has 0 saturated carbocycles. The predicted molar refractivity (Wildman–Crippen MR) is 87.6 cm³/mol. The van der Waals surface area contributed by atoms with E-state index in [1.165, 1.54) is 16.5 Å². The minimum atomic E-state index is 0.960. The van der Waals surface area contributed by atoms with Gasteiger partial charge in [0.15, 0.2) is 5.65 Å². The van der Waals surface area contributed by atoms with Crippen LogP contribution in [-0.4, -0.2) is 14.5 Å². The van der Waals surface area contributed by atoms with Gasteiger partial charge in [0.05, 0.1) is 16.6 Å². The molecule has 2 heterocycles. The van der Waals surface area contributed by atoms with Gasteiger partial charge in [-0.3, -0.25) is 0 Å². The summed E-state index contributed by atoms with van der Waals surface area (Å²) in [5.41, 5.74) is 6.42. The smallest absolute Gasteiger partial charge is 0.160 e. The highest BCUT2D eigenvalue weighted by molar-refractivity contribution is 6.06. The molecule has 3 nitrogen and oxygen atoms in total. The van der Waals surface area contributed by atoms with E-state index in [9.17, 15) is 0 Å². The number of nitrogens with zero attached hydrogens (tertiary/aromatic N) is 3. The zero-order chi connectivity index (χ0) is 14.4. The Bertz CT molecular complexity index is 966. The van der Waals surface area contributed by atoms with Crippen molar-refractivity contribution in [1.29, 1.82) is 0 Å². The Kier molecular flexibility index (Phi) is 2.67.